The molecule has 15 nitrogen and oxygen atoms in total. The summed E-state index contributed by atoms with van der Waals surface area (Å²) in [6.45, 7) is 2.57. The summed E-state index contributed by atoms with van der Waals surface area (Å²) in [6, 6.07) is 1.93. The molecule has 0 spiro atoms. The third kappa shape index (κ3) is 12.0. The van der Waals surface area contributed by atoms with E-state index in [1.165, 1.54) is 13.8 Å². The lowest BCUT2D eigenvalue weighted by molar-refractivity contribution is -0.142. The molecule has 0 aliphatic rings. The van der Waals surface area contributed by atoms with E-state index in [0.717, 1.165) is 0 Å². The second kappa shape index (κ2) is 15.7. The average molecular weight is 552 g/mol. The highest BCUT2D eigenvalue weighted by Crippen LogP contribution is 2.05. The van der Waals surface area contributed by atoms with Crippen LogP contribution in [0.1, 0.15) is 38.7 Å². The number of hydrogen-bond donors (Lipinski definition) is 8. The Labute approximate surface area is 223 Å². The monoisotopic (exact) mass is 551 g/mol. The quantitative estimate of drug-likeness (QED) is 0.111. The van der Waals surface area contributed by atoms with E-state index in [1.807, 2.05) is 0 Å². The Kier molecular flexibility index (Phi) is 13.0. The average Bonchev–Trinajstić information content (AvgIpc) is 2.85. The van der Waals surface area contributed by atoms with Crippen LogP contribution < -0.4 is 27.0 Å². The van der Waals surface area contributed by atoms with Crippen molar-refractivity contribution >= 4 is 41.5 Å². The lowest BCUT2D eigenvalue weighted by atomic mass is 10.1. The van der Waals surface area contributed by atoms with Gasteiger partial charge in [-0.15, -0.1) is 0 Å². The number of nitrogens with two attached hydrogens (primary N) is 1. The fourth-order valence-electron chi connectivity index (χ4n) is 3.23. The molecule has 0 radical (unpaired) electrons. The Bertz CT molecular complexity index is 1060. The highest BCUT2D eigenvalue weighted by atomic mass is 16.4. The van der Waals surface area contributed by atoms with Crippen molar-refractivity contribution in [1.82, 2.24) is 21.3 Å². The number of carbonyl (C=O) groups excluding carboxylic acids is 4. The molecule has 0 bridgehead atoms. The second-order valence-corrected chi connectivity index (χ2v) is 8.75. The summed E-state index contributed by atoms with van der Waals surface area (Å²) in [5.74, 6) is -7.47. The largest absolute Gasteiger partial charge is 0.481 e. The molecule has 9 N–H and O–H groups in total. The highest BCUT2D eigenvalue weighted by Gasteiger charge is 2.29. The zero-order chi connectivity index (χ0) is 29.7. The van der Waals surface area contributed by atoms with Crippen molar-refractivity contribution in [3.63, 3.8) is 0 Å². The van der Waals surface area contributed by atoms with E-state index in [4.69, 9.17) is 15.9 Å². The van der Waals surface area contributed by atoms with E-state index in [2.05, 4.69) is 21.3 Å². The maximum Gasteiger partial charge on any atom is 0.326 e. The van der Waals surface area contributed by atoms with E-state index in [0.29, 0.717) is 5.56 Å². The van der Waals surface area contributed by atoms with E-state index < -0.39 is 84.6 Å². The molecule has 0 saturated heterocycles. The first-order valence-electron chi connectivity index (χ1n) is 11.9. The van der Waals surface area contributed by atoms with Gasteiger partial charge >= 0.3 is 17.9 Å². The standard InChI is InChI=1S/C24H33N5O10/c1-12(27-23(37)16(8-9-18(30)31)28-22(36)15(25)11-19(32)33)20(34)26-13(2)21(35)29-17(24(38)39)10-14-6-4-3-5-7-14/h3-7,12-13,15-17H,8-11,25H2,1-2H3,(H,26,34)(H,27,37)(H,28,36)(H,29,35)(H,30,31)(H,32,33)(H,38,39)/t12-,13-,15-,16-,17-/m0/s1. The Balaban J connectivity index is 2.76. The summed E-state index contributed by atoms with van der Waals surface area (Å²) in [5, 5.41) is 36.3. The van der Waals surface area contributed by atoms with Crippen LogP contribution in [0.15, 0.2) is 30.3 Å². The highest BCUT2D eigenvalue weighted by molar-refractivity contribution is 5.95. The number of carboxylic acid groups (broad SMARTS) is 3. The number of hydrogen-bond acceptors (Lipinski definition) is 8. The molecule has 1 rings (SSSR count). The summed E-state index contributed by atoms with van der Waals surface area (Å²) in [5.41, 5.74) is 6.14. The molecule has 0 aliphatic heterocycles. The fourth-order valence-corrected chi connectivity index (χ4v) is 3.23. The first-order chi connectivity index (χ1) is 18.2. The van der Waals surface area contributed by atoms with Crippen molar-refractivity contribution in [3.05, 3.63) is 35.9 Å². The lowest BCUT2D eigenvalue weighted by Crippen LogP contribution is -2.57. The summed E-state index contributed by atoms with van der Waals surface area (Å²) in [4.78, 5) is 83.2. The van der Waals surface area contributed by atoms with Gasteiger partial charge in [-0.25, -0.2) is 4.79 Å². The number of rotatable bonds is 16. The molecule has 15 heteroatoms. The smallest absolute Gasteiger partial charge is 0.326 e. The molecule has 4 amide bonds. The van der Waals surface area contributed by atoms with Gasteiger partial charge in [0, 0.05) is 12.8 Å². The van der Waals surface area contributed by atoms with Crippen LogP contribution in [0, 0.1) is 0 Å². The SMILES string of the molecule is C[C@H](NC(=O)[C@H](C)NC(=O)[C@H](CCC(=O)O)NC(=O)[C@@H](N)CC(=O)O)C(=O)N[C@@H](Cc1ccccc1)C(=O)O. The summed E-state index contributed by atoms with van der Waals surface area (Å²) < 4.78 is 0. The topological polar surface area (TPSA) is 254 Å². The van der Waals surface area contributed by atoms with E-state index >= 15 is 0 Å². The van der Waals surface area contributed by atoms with E-state index in [9.17, 15) is 38.7 Å². The van der Waals surface area contributed by atoms with Gasteiger partial charge in [-0.05, 0) is 25.8 Å². The maximum atomic E-state index is 12.7. The van der Waals surface area contributed by atoms with Gasteiger partial charge in [-0.3, -0.25) is 28.8 Å². The molecule has 0 fully saturated rings. The summed E-state index contributed by atoms with van der Waals surface area (Å²) >= 11 is 0. The summed E-state index contributed by atoms with van der Waals surface area (Å²) in [7, 11) is 0. The first kappa shape index (κ1) is 32.5. The number of aliphatic carboxylic acids is 3. The number of benzene rings is 1. The van der Waals surface area contributed by atoms with E-state index in [1.54, 1.807) is 30.3 Å². The molecule has 0 unspecified atom stereocenters. The van der Waals surface area contributed by atoms with Crippen LogP contribution in [0.2, 0.25) is 0 Å². The molecule has 214 valence electrons. The third-order valence-corrected chi connectivity index (χ3v) is 5.41. The summed E-state index contributed by atoms with van der Waals surface area (Å²) in [6.07, 6.45) is -1.63. The van der Waals surface area contributed by atoms with Gasteiger partial charge in [-0.1, -0.05) is 30.3 Å². The van der Waals surface area contributed by atoms with Crippen LogP contribution in [-0.2, 0) is 40.0 Å². The number of carboxylic acids is 3. The first-order valence-corrected chi connectivity index (χ1v) is 11.9. The van der Waals surface area contributed by atoms with Gasteiger partial charge in [0.1, 0.15) is 24.2 Å². The molecule has 0 aromatic heterocycles. The van der Waals surface area contributed by atoms with Gasteiger partial charge in [0.25, 0.3) is 0 Å². The molecule has 0 saturated carbocycles. The van der Waals surface area contributed by atoms with Gasteiger partial charge in [-0.2, -0.15) is 0 Å². The van der Waals surface area contributed by atoms with Crippen molar-refractivity contribution in [3.8, 4) is 0 Å². The van der Waals surface area contributed by atoms with Crippen LogP contribution >= 0.6 is 0 Å². The molecule has 1 aromatic carbocycles. The molecule has 1 aromatic rings. The zero-order valence-corrected chi connectivity index (χ0v) is 21.4. The Morgan fingerprint density at radius 2 is 1.23 bits per heavy atom. The van der Waals surface area contributed by atoms with Crippen LogP contribution in [0.4, 0.5) is 0 Å². The van der Waals surface area contributed by atoms with Crippen molar-refractivity contribution < 1.29 is 48.9 Å². The lowest BCUT2D eigenvalue weighted by Gasteiger charge is -2.23. The number of carbonyl (C=O) groups is 7. The van der Waals surface area contributed by atoms with Gasteiger partial charge < -0.3 is 42.3 Å². The maximum absolute atomic E-state index is 12.7. The Morgan fingerprint density at radius 3 is 1.74 bits per heavy atom. The number of nitrogens with one attached hydrogen (secondary N) is 4. The minimum absolute atomic E-state index is 0.00855. The Hall–Kier alpha value is -4.53. The van der Waals surface area contributed by atoms with Gasteiger partial charge in [0.15, 0.2) is 0 Å². The van der Waals surface area contributed by atoms with Crippen LogP contribution in [0.3, 0.4) is 0 Å². The van der Waals surface area contributed by atoms with E-state index in [-0.39, 0.29) is 12.8 Å². The molecular weight excluding hydrogens is 518 g/mol. The predicted octanol–water partition coefficient (Wildman–Crippen LogP) is -2.04. The molecule has 0 aliphatic carbocycles. The number of amides is 4. The fraction of sp³-hybridized carbons (Fsp3) is 0.458. The van der Waals surface area contributed by atoms with Crippen LogP contribution in [-0.4, -0.2) is 87.1 Å². The zero-order valence-electron chi connectivity index (χ0n) is 21.4. The third-order valence-electron chi connectivity index (χ3n) is 5.41. The molecule has 39 heavy (non-hydrogen) atoms. The predicted molar refractivity (Wildman–Crippen MR) is 134 cm³/mol. The van der Waals surface area contributed by atoms with Crippen LogP contribution in [0.25, 0.3) is 0 Å². The van der Waals surface area contributed by atoms with Gasteiger partial charge in [0.05, 0.1) is 12.5 Å². The normalized spacial score (nSPS) is 14.4. The minimum atomic E-state index is -1.50. The Morgan fingerprint density at radius 1 is 0.718 bits per heavy atom. The van der Waals surface area contributed by atoms with Crippen molar-refractivity contribution in [2.45, 2.75) is 69.7 Å². The van der Waals surface area contributed by atoms with Crippen LogP contribution in [0.5, 0.6) is 0 Å². The van der Waals surface area contributed by atoms with Gasteiger partial charge in [0.2, 0.25) is 23.6 Å². The van der Waals surface area contributed by atoms with Crippen molar-refractivity contribution in [1.29, 1.82) is 0 Å². The van der Waals surface area contributed by atoms with Crippen molar-refractivity contribution in [2.24, 2.45) is 5.73 Å². The van der Waals surface area contributed by atoms with Crippen molar-refractivity contribution in [2.75, 3.05) is 0 Å². The molecular formula is C24H33N5O10. The minimum Gasteiger partial charge on any atom is -0.481 e. The second-order valence-electron chi connectivity index (χ2n) is 8.75. The molecule has 5 atom stereocenters. The molecule has 0 heterocycles.